The SMILES string of the molecule is O=C1CCC(OC(=O)CCN2CCS(=O)(=O)CC2)C1. The molecular weight excluding hydrogens is 270 g/mol. The molecule has 0 amide bonds. The van der Waals surface area contributed by atoms with Crippen LogP contribution in [0.5, 0.6) is 0 Å². The van der Waals surface area contributed by atoms with E-state index in [1.54, 1.807) is 0 Å². The zero-order valence-electron chi connectivity index (χ0n) is 10.8. The van der Waals surface area contributed by atoms with Crippen LogP contribution in [-0.2, 0) is 24.2 Å². The van der Waals surface area contributed by atoms with Gasteiger partial charge in [0.1, 0.15) is 11.9 Å². The number of esters is 1. The lowest BCUT2D eigenvalue weighted by molar-refractivity contribution is -0.149. The van der Waals surface area contributed by atoms with Gasteiger partial charge in [0.2, 0.25) is 0 Å². The van der Waals surface area contributed by atoms with Crippen LogP contribution in [0, 0.1) is 0 Å². The maximum Gasteiger partial charge on any atom is 0.307 e. The summed E-state index contributed by atoms with van der Waals surface area (Å²) < 4.78 is 27.7. The highest BCUT2D eigenvalue weighted by atomic mass is 32.2. The van der Waals surface area contributed by atoms with Gasteiger partial charge in [-0.1, -0.05) is 0 Å². The normalized spacial score (nSPS) is 27.4. The molecule has 6 nitrogen and oxygen atoms in total. The number of carbonyl (C=O) groups excluding carboxylic acids is 2. The standard InChI is InChI=1S/C12H19NO5S/c14-10-1-2-11(9-10)18-12(15)3-4-13-5-7-19(16,17)8-6-13/h11H,1-9H2. The summed E-state index contributed by atoms with van der Waals surface area (Å²) in [4.78, 5) is 24.6. The Labute approximate surface area is 113 Å². The first-order chi connectivity index (χ1) is 8.94. The highest BCUT2D eigenvalue weighted by Crippen LogP contribution is 2.18. The predicted octanol–water partition coefficient (Wildman–Crippen LogP) is -0.228. The molecule has 0 spiro atoms. The number of ketones is 1. The second kappa shape index (κ2) is 6.00. The zero-order chi connectivity index (χ0) is 13.9. The number of rotatable bonds is 4. The van der Waals surface area contributed by atoms with Crippen molar-refractivity contribution in [3.8, 4) is 0 Å². The molecule has 19 heavy (non-hydrogen) atoms. The predicted molar refractivity (Wildman–Crippen MR) is 68.4 cm³/mol. The fraction of sp³-hybridized carbons (Fsp3) is 0.833. The van der Waals surface area contributed by atoms with E-state index in [1.807, 2.05) is 4.90 Å². The van der Waals surface area contributed by atoms with Gasteiger partial charge < -0.3 is 9.64 Å². The van der Waals surface area contributed by atoms with Crippen LogP contribution >= 0.6 is 0 Å². The van der Waals surface area contributed by atoms with Gasteiger partial charge in [-0.2, -0.15) is 0 Å². The minimum atomic E-state index is -2.87. The Hall–Kier alpha value is -0.950. The molecule has 1 aliphatic carbocycles. The van der Waals surface area contributed by atoms with Gasteiger partial charge in [0.15, 0.2) is 9.84 Å². The van der Waals surface area contributed by atoms with Gasteiger partial charge in [0.25, 0.3) is 0 Å². The topological polar surface area (TPSA) is 80.8 Å². The lowest BCUT2D eigenvalue weighted by Crippen LogP contribution is -2.41. The van der Waals surface area contributed by atoms with Gasteiger partial charge in [-0.3, -0.25) is 9.59 Å². The van der Waals surface area contributed by atoms with Crippen molar-refractivity contribution in [3.05, 3.63) is 0 Å². The third kappa shape index (κ3) is 4.58. The number of nitrogens with zero attached hydrogens (tertiary/aromatic N) is 1. The van der Waals surface area contributed by atoms with E-state index in [4.69, 9.17) is 4.74 Å². The van der Waals surface area contributed by atoms with Crippen molar-refractivity contribution >= 4 is 21.6 Å². The van der Waals surface area contributed by atoms with Crippen molar-refractivity contribution in [2.45, 2.75) is 31.8 Å². The molecule has 0 N–H and O–H groups in total. The van der Waals surface area contributed by atoms with E-state index in [0.29, 0.717) is 38.9 Å². The Morgan fingerprint density at radius 1 is 1.32 bits per heavy atom. The summed E-state index contributed by atoms with van der Waals surface area (Å²) in [5.74, 6) is 0.186. The Kier molecular flexibility index (Phi) is 4.57. The van der Waals surface area contributed by atoms with Crippen molar-refractivity contribution in [2.75, 3.05) is 31.1 Å². The van der Waals surface area contributed by atoms with Crippen LogP contribution < -0.4 is 0 Å². The van der Waals surface area contributed by atoms with E-state index < -0.39 is 9.84 Å². The molecule has 1 atom stereocenters. The maximum absolute atomic E-state index is 11.6. The van der Waals surface area contributed by atoms with Crippen LogP contribution in [0.15, 0.2) is 0 Å². The minimum absolute atomic E-state index is 0.152. The molecule has 7 heteroatoms. The molecule has 1 unspecified atom stereocenters. The summed E-state index contributed by atoms with van der Waals surface area (Å²) in [7, 11) is -2.87. The first-order valence-corrected chi connectivity index (χ1v) is 8.41. The molecule has 0 aromatic rings. The second-order valence-corrected chi connectivity index (χ2v) is 7.44. The molecule has 2 fully saturated rings. The van der Waals surface area contributed by atoms with E-state index in [-0.39, 0.29) is 35.8 Å². The fourth-order valence-corrected chi connectivity index (χ4v) is 3.63. The minimum Gasteiger partial charge on any atom is -0.462 e. The molecule has 1 heterocycles. The Bertz CT molecular complexity index is 445. The summed E-state index contributed by atoms with van der Waals surface area (Å²) in [5, 5.41) is 0. The Morgan fingerprint density at radius 2 is 2.00 bits per heavy atom. The number of hydrogen-bond donors (Lipinski definition) is 0. The van der Waals surface area contributed by atoms with Gasteiger partial charge in [0.05, 0.1) is 17.9 Å². The van der Waals surface area contributed by atoms with Crippen molar-refractivity contribution in [3.63, 3.8) is 0 Å². The van der Waals surface area contributed by atoms with Crippen molar-refractivity contribution in [1.29, 1.82) is 0 Å². The summed E-state index contributed by atoms with van der Waals surface area (Å²) >= 11 is 0. The molecule has 1 saturated carbocycles. The van der Waals surface area contributed by atoms with E-state index in [9.17, 15) is 18.0 Å². The number of ether oxygens (including phenoxy) is 1. The summed E-state index contributed by atoms with van der Waals surface area (Å²) in [6, 6.07) is 0. The Balaban J connectivity index is 1.65. The van der Waals surface area contributed by atoms with Crippen LogP contribution in [0.4, 0.5) is 0 Å². The zero-order valence-corrected chi connectivity index (χ0v) is 11.7. The third-order valence-corrected chi connectivity index (χ3v) is 5.18. The molecule has 2 rings (SSSR count). The molecule has 0 aromatic heterocycles. The van der Waals surface area contributed by atoms with Crippen LogP contribution in [0.3, 0.4) is 0 Å². The van der Waals surface area contributed by atoms with Crippen LogP contribution in [-0.4, -0.2) is 62.3 Å². The molecular formula is C12H19NO5S. The Morgan fingerprint density at radius 3 is 2.58 bits per heavy atom. The molecule has 1 saturated heterocycles. The first kappa shape index (κ1) is 14.5. The molecule has 0 aromatic carbocycles. The maximum atomic E-state index is 11.6. The van der Waals surface area contributed by atoms with Gasteiger partial charge in [-0.15, -0.1) is 0 Å². The molecule has 108 valence electrons. The average molecular weight is 289 g/mol. The van der Waals surface area contributed by atoms with E-state index in [2.05, 4.69) is 0 Å². The monoisotopic (exact) mass is 289 g/mol. The highest BCUT2D eigenvalue weighted by molar-refractivity contribution is 7.91. The van der Waals surface area contributed by atoms with Gasteiger partial charge >= 0.3 is 5.97 Å². The lowest BCUT2D eigenvalue weighted by atomic mass is 10.3. The van der Waals surface area contributed by atoms with E-state index in [1.165, 1.54) is 0 Å². The summed E-state index contributed by atoms with van der Waals surface area (Å²) in [6.45, 7) is 1.49. The van der Waals surface area contributed by atoms with Gasteiger partial charge in [0, 0.05) is 32.5 Å². The lowest BCUT2D eigenvalue weighted by Gasteiger charge is -2.26. The molecule has 2 aliphatic rings. The van der Waals surface area contributed by atoms with Crippen LogP contribution in [0.2, 0.25) is 0 Å². The van der Waals surface area contributed by atoms with Crippen molar-refractivity contribution in [1.82, 2.24) is 4.90 Å². The smallest absolute Gasteiger partial charge is 0.307 e. The average Bonchev–Trinajstić information content (AvgIpc) is 2.73. The summed E-state index contributed by atoms with van der Waals surface area (Å²) in [5.41, 5.74) is 0. The number of Topliss-reactive ketones (excluding diaryl/α,β-unsaturated/α-hetero) is 1. The largest absolute Gasteiger partial charge is 0.462 e. The number of sulfone groups is 1. The van der Waals surface area contributed by atoms with Gasteiger partial charge in [-0.05, 0) is 6.42 Å². The van der Waals surface area contributed by atoms with E-state index >= 15 is 0 Å². The molecule has 0 bridgehead atoms. The van der Waals surface area contributed by atoms with Crippen molar-refractivity contribution < 1.29 is 22.7 Å². The van der Waals surface area contributed by atoms with Crippen LogP contribution in [0.25, 0.3) is 0 Å². The van der Waals surface area contributed by atoms with Crippen molar-refractivity contribution in [2.24, 2.45) is 0 Å². The second-order valence-electron chi connectivity index (χ2n) is 5.14. The van der Waals surface area contributed by atoms with Crippen LogP contribution in [0.1, 0.15) is 25.7 Å². The molecule has 0 radical (unpaired) electrons. The summed E-state index contributed by atoms with van der Waals surface area (Å²) in [6.07, 6.45) is 1.48. The van der Waals surface area contributed by atoms with E-state index in [0.717, 1.165) is 0 Å². The van der Waals surface area contributed by atoms with Gasteiger partial charge in [-0.25, -0.2) is 8.42 Å². The third-order valence-electron chi connectivity index (χ3n) is 3.57. The number of carbonyl (C=O) groups is 2. The highest BCUT2D eigenvalue weighted by Gasteiger charge is 2.26. The quantitative estimate of drug-likeness (QED) is 0.665. The number of hydrogen-bond acceptors (Lipinski definition) is 6. The fourth-order valence-electron chi connectivity index (χ4n) is 2.35. The molecule has 1 aliphatic heterocycles. The first-order valence-electron chi connectivity index (χ1n) is 6.58.